The van der Waals surface area contributed by atoms with Gasteiger partial charge in [0.1, 0.15) is 0 Å². The van der Waals surface area contributed by atoms with Gasteiger partial charge in [-0.2, -0.15) is 0 Å². The van der Waals surface area contributed by atoms with Crippen molar-refractivity contribution in [2.45, 2.75) is 33.1 Å². The third kappa shape index (κ3) is 1.78. The maximum Gasteiger partial charge on any atom is 0.0101 e. The summed E-state index contributed by atoms with van der Waals surface area (Å²) in [6.07, 6.45) is 7.50. The highest BCUT2D eigenvalue weighted by Gasteiger charge is 2.28. The fraction of sp³-hybridized carbons (Fsp3) is 0.294. The van der Waals surface area contributed by atoms with Crippen LogP contribution in [0.15, 0.2) is 48.6 Å². The lowest BCUT2D eigenvalue weighted by Crippen LogP contribution is -1.98. The zero-order chi connectivity index (χ0) is 12.4. The fourth-order valence-electron chi connectivity index (χ4n) is 2.91. The average molecular weight is 224 g/mol. The Morgan fingerprint density at radius 2 is 2.12 bits per heavy atom. The number of hydrogen-bond donors (Lipinski definition) is 0. The molecule has 0 heterocycles. The van der Waals surface area contributed by atoms with E-state index in [-0.39, 0.29) is 0 Å². The first-order valence-corrected chi connectivity index (χ1v) is 6.33. The van der Waals surface area contributed by atoms with Gasteiger partial charge in [0.15, 0.2) is 0 Å². The Morgan fingerprint density at radius 3 is 2.71 bits per heavy atom. The molecule has 0 saturated carbocycles. The van der Waals surface area contributed by atoms with Crippen LogP contribution in [0.2, 0.25) is 0 Å². The molecule has 0 radical (unpaired) electrons. The van der Waals surface area contributed by atoms with Gasteiger partial charge in [-0.05, 0) is 48.1 Å². The maximum absolute atomic E-state index is 3.99. The van der Waals surface area contributed by atoms with Gasteiger partial charge in [0, 0.05) is 5.92 Å². The van der Waals surface area contributed by atoms with Gasteiger partial charge < -0.3 is 0 Å². The molecule has 0 heteroatoms. The van der Waals surface area contributed by atoms with Crippen LogP contribution < -0.4 is 0 Å². The van der Waals surface area contributed by atoms with Crippen molar-refractivity contribution < 1.29 is 0 Å². The molecule has 88 valence electrons. The summed E-state index contributed by atoms with van der Waals surface area (Å²) >= 11 is 0. The van der Waals surface area contributed by atoms with E-state index in [1.165, 1.54) is 27.8 Å². The predicted octanol–water partition coefficient (Wildman–Crippen LogP) is 5.02. The van der Waals surface area contributed by atoms with Gasteiger partial charge in [0.25, 0.3) is 0 Å². The molecule has 0 bridgehead atoms. The van der Waals surface area contributed by atoms with E-state index in [1.807, 2.05) is 6.08 Å². The van der Waals surface area contributed by atoms with E-state index in [9.17, 15) is 0 Å². The maximum atomic E-state index is 3.99. The lowest BCUT2D eigenvalue weighted by atomic mass is 9.90. The quantitative estimate of drug-likeness (QED) is 0.676. The first kappa shape index (κ1) is 11.9. The van der Waals surface area contributed by atoms with Crippen LogP contribution in [0, 0.1) is 6.92 Å². The average Bonchev–Trinajstić information content (AvgIpc) is 2.64. The van der Waals surface area contributed by atoms with Crippen LogP contribution in [-0.4, -0.2) is 0 Å². The third-order valence-corrected chi connectivity index (χ3v) is 3.61. The van der Waals surface area contributed by atoms with E-state index in [1.54, 1.807) is 0 Å². The molecule has 1 aromatic carbocycles. The number of rotatable bonds is 3. The summed E-state index contributed by atoms with van der Waals surface area (Å²) in [5.74, 6) is 0.523. The normalized spacial score (nSPS) is 18.9. The monoisotopic (exact) mass is 224 g/mol. The Hall–Kier alpha value is -1.56. The number of fused-ring (bicyclic) bond motifs is 1. The van der Waals surface area contributed by atoms with Crippen molar-refractivity contribution in [3.8, 4) is 0 Å². The van der Waals surface area contributed by atoms with Gasteiger partial charge in [-0.3, -0.25) is 0 Å². The molecular weight excluding hydrogens is 204 g/mol. The molecule has 0 amide bonds. The molecule has 0 nitrogen and oxygen atoms in total. The number of hydrogen-bond acceptors (Lipinski definition) is 0. The predicted molar refractivity (Wildman–Crippen MR) is 76.1 cm³/mol. The van der Waals surface area contributed by atoms with Crippen LogP contribution in [0.5, 0.6) is 0 Å². The second-order valence-electron chi connectivity index (χ2n) is 4.57. The molecule has 1 aliphatic carbocycles. The fourth-order valence-corrected chi connectivity index (χ4v) is 2.91. The van der Waals surface area contributed by atoms with Crippen molar-refractivity contribution in [3.05, 3.63) is 65.3 Å². The Kier molecular flexibility index (Phi) is 3.33. The van der Waals surface area contributed by atoms with E-state index in [0.29, 0.717) is 5.92 Å². The zero-order valence-corrected chi connectivity index (χ0v) is 11.0. The second-order valence-corrected chi connectivity index (χ2v) is 4.57. The second kappa shape index (κ2) is 4.75. The molecule has 1 aliphatic rings. The van der Waals surface area contributed by atoms with E-state index < -0.39 is 0 Å². The van der Waals surface area contributed by atoms with E-state index >= 15 is 0 Å². The van der Waals surface area contributed by atoms with Crippen molar-refractivity contribution in [3.63, 3.8) is 0 Å². The summed E-state index contributed by atoms with van der Waals surface area (Å²) in [7, 11) is 0. The summed E-state index contributed by atoms with van der Waals surface area (Å²) in [5.41, 5.74) is 7.03. The summed E-state index contributed by atoms with van der Waals surface area (Å²) in [4.78, 5) is 0. The van der Waals surface area contributed by atoms with Crippen molar-refractivity contribution in [1.82, 2.24) is 0 Å². The minimum atomic E-state index is 0.523. The van der Waals surface area contributed by atoms with Crippen LogP contribution in [0.1, 0.15) is 42.9 Å². The van der Waals surface area contributed by atoms with Crippen LogP contribution in [0.3, 0.4) is 0 Å². The topological polar surface area (TPSA) is 0 Å². The van der Waals surface area contributed by atoms with Gasteiger partial charge in [-0.15, -0.1) is 0 Å². The Balaban J connectivity index is 2.70. The minimum Gasteiger partial charge on any atom is -0.0987 e. The first-order valence-electron chi connectivity index (χ1n) is 6.33. The van der Waals surface area contributed by atoms with Gasteiger partial charge in [0.05, 0.1) is 0 Å². The van der Waals surface area contributed by atoms with Gasteiger partial charge in [-0.1, -0.05) is 49.9 Å². The molecule has 1 unspecified atom stereocenters. The van der Waals surface area contributed by atoms with Crippen molar-refractivity contribution >= 4 is 5.57 Å². The molecule has 2 rings (SSSR count). The van der Waals surface area contributed by atoms with Gasteiger partial charge >= 0.3 is 0 Å². The van der Waals surface area contributed by atoms with Crippen LogP contribution in [-0.2, 0) is 0 Å². The minimum absolute atomic E-state index is 0.523. The Morgan fingerprint density at radius 1 is 1.35 bits per heavy atom. The summed E-state index contributed by atoms with van der Waals surface area (Å²) in [6.45, 7) is 10.5. The number of aryl methyl sites for hydroxylation is 1. The number of benzene rings is 1. The summed E-state index contributed by atoms with van der Waals surface area (Å²) < 4.78 is 0. The summed E-state index contributed by atoms with van der Waals surface area (Å²) in [5, 5.41) is 0. The van der Waals surface area contributed by atoms with Crippen LogP contribution >= 0.6 is 0 Å². The molecule has 0 aliphatic heterocycles. The standard InChI is InChI=1S/C17H20/c1-5-9-15-13(6-2)14(7-3)17-12(4)10-8-11-16(15)17/h5-6,8-11,14H,2,7H2,1,3-4H3/b9-5-. The molecule has 1 atom stereocenters. The van der Waals surface area contributed by atoms with Crippen molar-refractivity contribution in [2.24, 2.45) is 0 Å². The highest BCUT2D eigenvalue weighted by molar-refractivity contribution is 5.86. The number of allylic oxidation sites excluding steroid dienone is 5. The van der Waals surface area contributed by atoms with E-state index in [4.69, 9.17) is 0 Å². The molecule has 1 aromatic rings. The lowest BCUT2D eigenvalue weighted by Gasteiger charge is -2.14. The molecule has 0 aromatic heterocycles. The SMILES string of the molecule is C=CC1=C(/C=C\C)c2cccc(C)c2C1CC. The highest BCUT2D eigenvalue weighted by atomic mass is 14.3. The lowest BCUT2D eigenvalue weighted by molar-refractivity contribution is 0.786. The molecule has 17 heavy (non-hydrogen) atoms. The van der Waals surface area contributed by atoms with E-state index in [0.717, 1.165) is 6.42 Å². The van der Waals surface area contributed by atoms with Gasteiger partial charge in [-0.25, -0.2) is 0 Å². The summed E-state index contributed by atoms with van der Waals surface area (Å²) in [6, 6.07) is 6.59. The molecule has 0 fully saturated rings. The molecular formula is C17H20. The van der Waals surface area contributed by atoms with Gasteiger partial charge in [0.2, 0.25) is 0 Å². The Labute approximate surface area is 104 Å². The molecule has 0 saturated heterocycles. The van der Waals surface area contributed by atoms with Crippen LogP contribution in [0.4, 0.5) is 0 Å². The molecule has 0 spiro atoms. The largest absolute Gasteiger partial charge is 0.0987 e. The van der Waals surface area contributed by atoms with Crippen molar-refractivity contribution in [1.29, 1.82) is 0 Å². The first-order chi connectivity index (χ1) is 8.24. The third-order valence-electron chi connectivity index (χ3n) is 3.61. The van der Waals surface area contributed by atoms with Crippen molar-refractivity contribution in [2.75, 3.05) is 0 Å². The van der Waals surface area contributed by atoms with E-state index in [2.05, 4.69) is 57.7 Å². The highest BCUT2D eigenvalue weighted by Crippen LogP contribution is 2.45. The smallest absolute Gasteiger partial charge is 0.0101 e. The Bertz CT molecular complexity index is 501. The molecule has 0 N–H and O–H groups in total. The zero-order valence-electron chi connectivity index (χ0n) is 11.0. The van der Waals surface area contributed by atoms with Crippen LogP contribution in [0.25, 0.3) is 5.57 Å².